The number of nitrogens with one attached hydrogen (secondary N) is 1. The Hall–Kier alpha value is -0.720. The molecule has 0 radical (unpaired) electrons. The summed E-state index contributed by atoms with van der Waals surface area (Å²) in [6.45, 7) is 0.278. The third kappa shape index (κ3) is 4.88. The van der Waals surface area contributed by atoms with E-state index in [1.165, 1.54) is 12.3 Å². The van der Waals surface area contributed by atoms with Crippen LogP contribution in [0.2, 0.25) is 0 Å². The number of sulfonamides is 1. The molecule has 0 aliphatic rings. The van der Waals surface area contributed by atoms with Crippen LogP contribution in [0.25, 0.3) is 0 Å². The van der Waals surface area contributed by atoms with Gasteiger partial charge in [-0.1, -0.05) is 12.8 Å². The van der Waals surface area contributed by atoms with Crippen molar-refractivity contribution in [1.82, 2.24) is 9.71 Å². The standard InChI is InChI=1S/C11H16ClFN2O2S/c12-7-3-1-2-4-9-15-18(16,17)11-10(13)6-5-8-14-11/h5-6,8,15H,1-4,7,9H2. The minimum Gasteiger partial charge on any atom is -0.241 e. The Morgan fingerprint density at radius 1 is 1.28 bits per heavy atom. The van der Waals surface area contributed by atoms with Crippen LogP contribution in [0.5, 0.6) is 0 Å². The van der Waals surface area contributed by atoms with Gasteiger partial charge in [-0.3, -0.25) is 0 Å². The van der Waals surface area contributed by atoms with Crippen molar-refractivity contribution in [3.05, 3.63) is 24.1 Å². The number of aromatic nitrogens is 1. The van der Waals surface area contributed by atoms with E-state index in [0.717, 1.165) is 25.3 Å². The molecule has 18 heavy (non-hydrogen) atoms. The van der Waals surface area contributed by atoms with Crippen LogP contribution in [-0.4, -0.2) is 25.8 Å². The van der Waals surface area contributed by atoms with Gasteiger partial charge in [-0.15, -0.1) is 11.6 Å². The van der Waals surface area contributed by atoms with Crippen LogP contribution in [0.1, 0.15) is 25.7 Å². The molecule has 0 aromatic carbocycles. The number of unbranched alkanes of at least 4 members (excludes halogenated alkanes) is 3. The van der Waals surface area contributed by atoms with Gasteiger partial charge in [0, 0.05) is 18.6 Å². The van der Waals surface area contributed by atoms with E-state index in [1.54, 1.807) is 0 Å². The molecule has 0 saturated carbocycles. The zero-order chi connectivity index (χ0) is 13.4. The zero-order valence-corrected chi connectivity index (χ0v) is 11.5. The summed E-state index contributed by atoms with van der Waals surface area (Å²) in [5, 5.41) is -0.550. The summed E-state index contributed by atoms with van der Waals surface area (Å²) in [4.78, 5) is 3.54. The van der Waals surface area contributed by atoms with Crippen LogP contribution in [0.3, 0.4) is 0 Å². The van der Waals surface area contributed by atoms with Crippen molar-refractivity contribution in [1.29, 1.82) is 0 Å². The lowest BCUT2D eigenvalue weighted by Gasteiger charge is -2.06. The Morgan fingerprint density at radius 2 is 2.00 bits per heavy atom. The number of rotatable bonds is 8. The van der Waals surface area contributed by atoms with Crippen molar-refractivity contribution >= 4 is 21.6 Å². The predicted octanol–water partition coefficient (Wildman–Crippen LogP) is 2.30. The zero-order valence-electron chi connectivity index (χ0n) is 9.90. The van der Waals surface area contributed by atoms with Crippen molar-refractivity contribution < 1.29 is 12.8 Å². The monoisotopic (exact) mass is 294 g/mol. The number of halogens is 2. The highest BCUT2D eigenvalue weighted by atomic mass is 35.5. The van der Waals surface area contributed by atoms with E-state index in [-0.39, 0.29) is 6.54 Å². The number of alkyl halides is 1. The van der Waals surface area contributed by atoms with E-state index < -0.39 is 20.9 Å². The Bertz CT molecular complexity index is 468. The molecule has 0 atom stereocenters. The molecule has 0 saturated heterocycles. The van der Waals surface area contributed by atoms with Crippen LogP contribution in [-0.2, 0) is 10.0 Å². The fourth-order valence-corrected chi connectivity index (χ4v) is 2.68. The van der Waals surface area contributed by atoms with Crippen molar-refractivity contribution in [3.8, 4) is 0 Å². The molecule has 7 heteroatoms. The van der Waals surface area contributed by atoms with Crippen molar-refractivity contribution in [2.45, 2.75) is 30.7 Å². The van der Waals surface area contributed by atoms with Gasteiger partial charge in [0.1, 0.15) is 0 Å². The van der Waals surface area contributed by atoms with E-state index in [9.17, 15) is 12.8 Å². The molecule has 102 valence electrons. The molecule has 1 aromatic rings. The molecule has 0 aliphatic carbocycles. The Balaban J connectivity index is 2.44. The Morgan fingerprint density at radius 3 is 2.67 bits per heavy atom. The number of nitrogens with zero attached hydrogens (tertiary/aromatic N) is 1. The van der Waals surface area contributed by atoms with Gasteiger partial charge in [0.15, 0.2) is 5.82 Å². The smallest absolute Gasteiger partial charge is 0.241 e. The molecular formula is C11H16ClFN2O2S. The molecule has 0 amide bonds. The maximum absolute atomic E-state index is 13.3. The summed E-state index contributed by atoms with van der Waals surface area (Å²) in [7, 11) is -3.85. The van der Waals surface area contributed by atoms with Crippen LogP contribution in [0.15, 0.2) is 23.4 Å². The quantitative estimate of drug-likeness (QED) is 0.591. The lowest BCUT2D eigenvalue weighted by Crippen LogP contribution is -2.26. The van der Waals surface area contributed by atoms with Gasteiger partial charge < -0.3 is 0 Å². The molecule has 4 nitrogen and oxygen atoms in total. The summed E-state index contributed by atoms with van der Waals surface area (Å²) < 4.78 is 39.0. The minimum absolute atomic E-state index is 0.278. The third-order valence-corrected chi connectivity index (χ3v) is 3.99. The maximum Gasteiger partial charge on any atom is 0.261 e. The summed E-state index contributed by atoms with van der Waals surface area (Å²) in [6.07, 6.45) is 4.72. The predicted molar refractivity (Wildman–Crippen MR) is 68.6 cm³/mol. The first-order valence-electron chi connectivity index (χ1n) is 5.74. The number of pyridine rings is 1. The van der Waals surface area contributed by atoms with E-state index in [1.807, 2.05) is 0 Å². The lowest BCUT2D eigenvalue weighted by atomic mass is 10.2. The van der Waals surface area contributed by atoms with E-state index in [0.29, 0.717) is 12.3 Å². The molecule has 1 rings (SSSR count). The van der Waals surface area contributed by atoms with Gasteiger partial charge in [0.25, 0.3) is 10.0 Å². The number of hydrogen-bond acceptors (Lipinski definition) is 3. The van der Waals surface area contributed by atoms with Gasteiger partial charge in [-0.25, -0.2) is 22.5 Å². The van der Waals surface area contributed by atoms with E-state index in [4.69, 9.17) is 11.6 Å². The second-order valence-electron chi connectivity index (χ2n) is 3.79. The average Bonchev–Trinajstić information content (AvgIpc) is 2.34. The highest BCUT2D eigenvalue weighted by Crippen LogP contribution is 2.09. The lowest BCUT2D eigenvalue weighted by molar-refractivity contribution is 0.541. The Labute approximate surface area is 112 Å². The first-order valence-corrected chi connectivity index (χ1v) is 7.76. The summed E-state index contributed by atoms with van der Waals surface area (Å²) in [5.74, 6) is -0.225. The third-order valence-electron chi connectivity index (χ3n) is 2.33. The van der Waals surface area contributed by atoms with Gasteiger partial charge in [0.05, 0.1) is 0 Å². The molecule has 1 aromatic heterocycles. The second-order valence-corrected chi connectivity index (χ2v) is 5.85. The van der Waals surface area contributed by atoms with E-state index in [2.05, 4.69) is 9.71 Å². The fourth-order valence-electron chi connectivity index (χ4n) is 1.42. The summed E-state index contributed by atoms with van der Waals surface area (Å²) in [5.41, 5.74) is 0. The molecule has 0 spiro atoms. The molecule has 0 unspecified atom stereocenters. The minimum atomic E-state index is -3.85. The topological polar surface area (TPSA) is 59.1 Å². The summed E-state index contributed by atoms with van der Waals surface area (Å²) >= 11 is 5.52. The molecule has 0 fully saturated rings. The molecular weight excluding hydrogens is 279 g/mol. The SMILES string of the molecule is O=S(=O)(NCCCCCCCl)c1ncccc1F. The first kappa shape index (κ1) is 15.3. The molecule has 1 N–H and O–H groups in total. The van der Waals surface area contributed by atoms with Crippen LogP contribution < -0.4 is 4.72 Å². The van der Waals surface area contributed by atoms with Gasteiger partial charge in [-0.2, -0.15) is 0 Å². The normalized spacial score (nSPS) is 11.7. The highest BCUT2D eigenvalue weighted by Gasteiger charge is 2.19. The molecule has 0 aliphatic heterocycles. The van der Waals surface area contributed by atoms with Crippen LogP contribution >= 0.6 is 11.6 Å². The van der Waals surface area contributed by atoms with Crippen molar-refractivity contribution in [2.24, 2.45) is 0 Å². The van der Waals surface area contributed by atoms with Gasteiger partial charge >= 0.3 is 0 Å². The highest BCUT2D eigenvalue weighted by molar-refractivity contribution is 7.89. The largest absolute Gasteiger partial charge is 0.261 e. The molecule has 0 bridgehead atoms. The molecule has 1 heterocycles. The van der Waals surface area contributed by atoms with Crippen LogP contribution in [0, 0.1) is 5.82 Å². The van der Waals surface area contributed by atoms with E-state index >= 15 is 0 Å². The first-order chi connectivity index (χ1) is 8.58. The van der Waals surface area contributed by atoms with Gasteiger partial charge in [0.2, 0.25) is 5.03 Å². The van der Waals surface area contributed by atoms with Gasteiger partial charge in [-0.05, 0) is 25.0 Å². The maximum atomic E-state index is 13.3. The van der Waals surface area contributed by atoms with Crippen molar-refractivity contribution in [3.63, 3.8) is 0 Å². The summed E-state index contributed by atoms with van der Waals surface area (Å²) in [6, 6.07) is 2.42. The van der Waals surface area contributed by atoms with Crippen molar-refractivity contribution in [2.75, 3.05) is 12.4 Å². The van der Waals surface area contributed by atoms with Crippen LogP contribution in [0.4, 0.5) is 4.39 Å². The second kappa shape index (κ2) is 7.66. The Kier molecular flexibility index (Phi) is 6.52. The number of hydrogen-bond donors (Lipinski definition) is 1. The fraction of sp³-hybridized carbons (Fsp3) is 0.545. The average molecular weight is 295 g/mol.